The zero-order valence-electron chi connectivity index (χ0n) is 12.5. The molecule has 1 aromatic carbocycles. The van der Waals surface area contributed by atoms with Crippen molar-refractivity contribution >= 4 is 55.0 Å². The molecule has 2 aromatic heterocycles. The van der Waals surface area contributed by atoms with Crippen LogP contribution in [0.2, 0.25) is 0 Å². The van der Waals surface area contributed by atoms with E-state index in [1.807, 2.05) is 25.1 Å². The van der Waals surface area contributed by atoms with Gasteiger partial charge in [0.05, 0.1) is 22.3 Å². The number of rotatable bonds is 4. The van der Waals surface area contributed by atoms with Crippen molar-refractivity contribution in [3.05, 3.63) is 34.8 Å². The molecule has 0 saturated heterocycles. The molecule has 0 radical (unpaired) electrons. The van der Waals surface area contributed by atoms with Crippen molar-refractivity contribution in [3.8, 4) is 0 Å². The summed E-state index contributed by atoms with van der Waals surface area (Å²) in [5.74, 6) is -0.361. The second-order valence-corrected chi connectivity index (χ2v) is 6.93. The van der Waals surface area contributed by atoms with Crippen LogP contribution in [0.15, 0.2) is 23.6 Å². The zero-order valence-corrected chi connectivity index (χ0v) is 14.2. The van der Waals surface area contributed by atoms with Gasteiger partial charge in [0.2, 0.25) is 11.8 Å². The number of thiazole rings is 2. The van der Waals surface area contributed by atoms with E-state index >= 15 is 0 Å². The quantitative estimate of drug-likeness (QED) is 0.760. The monoisotopic (exact) mass is 346 g/mol. The normalized spacial score (nSPS) is 10.7. The SMILES string of the molecule is CC(=O)Nc1nc(CC(=O)Nc2nc3ccc(C)cc3s2)cs1. The zero-order chi connectivity index (χ0) is 16.4. The van der Waals surface area contributed by atoms with E-state index in [1.54, 1.807) is 5.38 Å². The summed E-state index contributed by atoms with van der Waals surface area (Å²) >= 11 is 2.74. The molecule has 3 rings (SSSR count). The molecule has 2 amide bonds. The first-order valence-corrected chi connectivity index (χ1v) is 8.58. The third-order valence-electron chi connectivity index (χ3n) is 2.97. The van der Waals surface area contributed by atoms with Crippen LogP contribution in [0.1, 0.15) is 18.2 Å². The number of carbonyl (C=O) groups is 2. The third-order valence-corrected chi connectivity index (χ3v) is 4.71. The van der Waals surface area contributed by atoms with E-state index in [9.17, 15) is 9.59 Å². The van der Waals surface area contributed by atoms with Crippen LogP contribution in [0, 0.1) is 6.92 Å². The van der Waals surface area contributed by atoms with Crippen molar-refractivity contribution in [2.45, 2.75) is 20.3 Å². The second-order valence-electron chi connectivity index (χ2n) is 5.04. The first-order valence-electron chi connectivity index (χ1n) is 6.88. The van der Waals surface area contributed by atoms with E-state index in [4.69, 9.17) is 0 Å². The number of hydrogen-bond donors (Lipinski definition) is 2. The fourth-order valence-electron chi connectivity index (χ4n) is 2.01. The lowest BCUT2D eigenvalue weighted by atomic mass is 10.2. The first kappa shape index (κ1) is 15.6. The highest BCUT2D eigenvalue weighted by Gasteiger charge is 2.11. The molecule has 118 valence electrons. The summed E-state index contributed by atoms with van der Waals surface area (Å²) in [5, 5.41) is 8.22. The molecule has 0 aliphatic carbocycles. The maximum Gasteiger partial charge on any atom is 0.232 e. The van der Waals surface area contributed by atoms with E-state index in [0.29, 0.717) is 16.0 Å². The van der Waals surface area contributed by atoms with Crippen LogP contribution in [0.3, 0.4) is 0 Å². The summed E-state index contributed by atoms with van der Waals surface area (Å²) in [6.07, 6.45) is 0.144. The second kappa shape index (κ2) is 6.43. The van der Waals surface area contributed by atoms with Crippen LogP contribution < -0.4 is 10.6 Å². The highest BCUT2D eigenvalue weighted by atomic mass is 32.1. The van der Waals surface area contributed by atoms with Gasteiger partial charge in [0, 0.05) is 12.3 Å². The summed E-state index contributed by atoms with van der Waals surface area (Å²) < 4.78 is 1.04. The van der Waals surface area contributed by atoms with Gasteiger partial charge >= 0.3 is 0 Å². The molecule has 0 fully saturated rings. The highest BCUT2D eigenvalue weighted by molar-refractivity contribution is 7.22. The molecule has 0 unspecified atom stereocenters. The molecule has 3 aromatic rings. The van der Waals surface area contributed by atoms with Gasteiger partial charge in [0.25, 0.3) is 0 Å². The van der Waals surface area contributed by atoms with Gasteiger partial charge in [-0.15, -0.1) is 11.3 Å². The van der Waals surface area contributed by atoms with E-state index in [2.05, 4.69) is 20.6 Å². The van der Waals surface area contributed by atoms with Gasteiger partial charge in [-0.05, 0) is 24.6 Å². The fraction of sp³-hybridized carbons (Fsp3) is 0.200. The Bertz CT molecular complexity index is 885. The van der Waals surface area contributed by atoms with E-state index in [-0.39, 0.29) is 18.2 Å². The van der Waals surface area contributed by atoms with Crippen LogP contribution >= 0.6 is 22.7 Å². The molecular weight excluding hydrogens is 332 g/mol. The van der Waals surface area contributed by atoms with Crippen LogP contribution in [-0.4, -0.2) is 21.8 Å². The number of fused-ring (bicyclic) bond motifs is 1. The Labute approximate surface area is 140 Å². The predicted octanol–water partition coefficient (Wildman–Crippen LogP) is 3.20. The van der Waals surface area contributed by atoms with Crippen LogP contribution in [0.5, 0.6) is 0 Å². The molecule has 0 saturated carbocycles. The Morgan fingerprint density at radius 3 is 2.78 bits per heavy atom. The standard InChI is InChI=1S/C15H14N4O2S2/c1-8-3-4-11-12(5-8)23-15(18-11)19-13(21)6-10-7-22-14(17-10)16-9(2)20/h3-5,7H,6H2,1-2H3,(H,16,17,20)(H,18,19,21). The largest absolute Gasteiger partial charge is 0.302 e. The number of nitrogens with one attached hydrogen (secondary N) is 2. The van der Waals surface area contributed by atoms with Crippen molar-refractivity contribution in [2.24, 2.45) is 0 Å². The number of amides is 2. The lowest BCUT2D eigenvalue weighted by Gasteiger charge is -1.98. The van der Waals surface area contributed by atoms with E-state index in [0.717, 1.165) is 15.8 Å². The van der Waals surface area contributed by atoms with Gasteiger partial charge in [-0.2, -0.15) is 0 Å². The van der Waals surface area contributed by atoms with Gasteiger partial charge in [-0.25, -0.2) is 9.97 Å². The molecule has 0 spiro atoms. The molecule has 6 nitrogen and oxygen atoms in total. The van der Waals surface area contributed by atoms with Crippen molar-refractivity contribution in [3.63, 3.8) is 0 Å². The Balaban J connectivity index is 1.66. The Hall–Kier alpha value is -2.32. The van der Waals surface area contributed by atoms with Gasteiger partial charge in [-0.3, -0.25) is 9.59 Å². The molecule has 0 aliphatic rings. The maximum absolute atomic E-state index is 12.1. The molecule has 23 heavy (non-hydrogen) atoms. The minimum absolute atomic E-state index is 0.144. The number of aromatic nitrogens is 2. The van der Waals surface area contributed by atoms with E-state index in [1.165, 1.54) is 29.6 Å². The Kier molecular flexibility index (Phi) is 4.35. The summed E-state index contributed by atoms with van der Waals surface area (Å²) in [5.41, 5.74) is 2.65. The topological polar surface area (TPSA) is 84.0 Å². The van der Waals surface area contributed by atoms with Gasteiger partial charge < -0.3 is 10.6 Å². The number of benzene rings is 1. The molecule has 0 aliphatic heterocycles. The molecule has 2 heterocycles. The average Bonchev–Trinajstić information content (AvgIpc) is 3.03. The fourth-order valence-corrected chi connectivity index (χ4v) is 3.75. The van der Waals surface area contributed by atoms with Gasteiger partial charge in [-0.1, -0.05) is 17.4 Å². The number of nitrogens with zero attached hydrogens (tertiary/aromatic N) is 2. The number of hydrogen-bond acceptors (Lipinski definition) is 6. The Morgan fingerprint density at radius 2 is 2.00 bits per heavy atom. The van der Waals surface area contributed by atoms with Crippen LogP contribution in [-0.2, 0) is 16.0 Å². The summed E-state index contributed by atoms with van der Waals surface area (Å²) in [7, 11) is 0. The first-order chi connectivity index (χ1) is 11.0. The minimum atomic E-state index is -0.180. The van der Waals surface area contributed by atoms with Crippen molar-refractivity contribution in [1.82, 2.24) is 9.97 Å². The number of anilines is 2. The molecule has 0 bridgehead atoms. The number of carbonyl (C=O) groups excluding carboxylic acids is 2. The molecule has 2 N–H and O–H groups in total. The van der Waals surface area contributed by atoms with Gasteiger partial charge in [0.1, 0.15) is 0 Å². The van der Waals surface area contributed by atoms with Crippen molar-refractivity contribution < 1.29 is 9.59 Å². The summed E-state index contributed by atoms with van der Waals surface area (Å²) in [6.45, 7) is 3.44. The van der Waals surface area contributed by atoms with Gasteiger partial charge in [0.15, 0.2) is 10.3 Å². The smallest absolute Gasteiger partial charge is 0.232 e. The molecular formula is C15H14N4O2S2. The minimum Gasteiger partial charge on any atom is -0.302 e. The highest BCUT2D eigenvalue weighted by Crippen LogP contribution is 2.26. The van der Waals surface area contributed by atoms with E-state index < -0.39 is 0 Å². The lowest BCUT2D eigenvalue weighted by molar-refractivity contribution is -0.116. The summed E-state index contributed by atoms with van der Waals surface area (Å²) in [6, 6.07) is 5.98. The van der Waals surface area contributed by atoms with Crippen LogP contribution in [0.25, 0.3) is 10.2 Å². The van der Waals surface area contributed by atoms with Crippen molar-refractivity contribution in [2.75, 3.05) is 10.6 Å². The van der Waals surface area contributed by atoms with Crippen LogP contribution in [0.4, 0.5) is 10.3 Å². The van der Waals surface area contributed by atoms with Crippen molar-refractivity contribution in [1.29, 1.82) is 0 Å². The molecule has 8 heteroatoms. The molecule has 0 atom stereocenters. The predicted molar refractivity (Wildman–Crippen MR) is 93.1 cm³/mol. The third kappa shape index (κ3) is 3.91. The average molecular weight is 346 g/mol. The summed E-state index contributed by atoms with van der Waals surface area (Å²) in [4.78, 5) is 31.6. The maximum atomic E-state index is 12.1. The number of aryl methyl sites for hydroxylation is 1. The lowest BCUT2D eigenvalue weighted by Crippen LogP contribution is -2.14. The Morgan fingerprint density at radius 1 is 1.17 bits per heavy atom.